The third-order valence-electron chi connectivity index (χ3n) is 2.26. The SMILES string of the molecule is CCC(OC)Oc1ccnc(CO)c1C. The van der Waals surface area contributed by atoms with Crippen LogP contribution in [0.3, 0.4) is 0 Å². The first-order chi connectivity index (χ1) is 7.22. The lowest BCUT2D eigenvalue weighted by Crippen LogP contribution is -2.18. The van der Waals surface area contributed by atoms with E-state index < -0.39 is 0 Å². The van der Waals surface area contributed by atoms with Gasteiger partial charge in [0.05, 0.1) is 12.3 Å². The summed E-state index contributed by atoms with van der Waals surface area (Å²) in [5, 5.41) is 9.04. The Kier molecular flexibility index (Phi) is 4.52. The van der Waals surface area contributed by atoms with Crippen molar-refractivity contribution in [3.8, 4) is 5.75 Å². The van der Waals surface area contributed by atoms with E-state index in [4.69, 9.17) is 14.6 Å². The number of pyridine rings is 1. The zero-order chi connectivity index (χ0) is 11.3. The number of hydrogen-bond acceptors (Lipinski definition) is 4. The molecule has 0 aromatic carbocycles. The van der Waals surface area contributed by atoms with Gasteiger partial charge in [-0.15, -0.1) is 0 Å². The number of aromatic nitrogens is 1. The molecule has 4 nitrogen and oxygen atoms in total. The molecule has 0 aliphatic rings. The lowest BCUT2D eigenvalue weighted by atomic mass is 10.2. The Morgan fingerprint density at radius 3 is 2.80 bits per heavy atom. The van der Waals surface area contributed by atoms with Crippen LogP contribution in [-0.4, -0.2) is 23.5 Å². The average molecular weight is 211 g/mol. The first-order valence-electron chi connectivity index (χ1n) is 4.97. The van der Waals surface area contributed by atoms with Crippen LogP contribution in [0.4, 0.5) is 0 Å². The summed E-state index contributed by atoms with van der Waals surface area (Å²) in [5.74, 6) is 0.711. The second-order valence-corrected chi connectivity index (χ2v) is 3.23. The molecular formula is C11H17NO3. The summed E-state index contributed by atoms with van der Waals surface area (Å²) in [6.45, 7) is 3.78. The van der Waals surface area contributed by atoms with E-state index in [2.05, 4.69) is 4.98 Å². The van der Waals surface area contributed by atoms with E-state index in [1.807, 2.05) is 13.8 Å². The van der Waals surface area contributed by atoms with Gasteiger partial charge in [0.15, 0.2) is 6.29 Å². The van der Waals surface area contributed by atoms with Crippen molar-refractivity contribution in [2.45, 2.75) is 33.2 Å². The fraction of sp³-hybridized carbons (Fsp3) is 0.545. The maximum absolute atomic E-state index is 9.04. The van der Waals surface area contributed by atoms with Crippen LogP contribution in [0.5, 0.6) is 5.75 Å². The molecule has 4 heteroatoms. The molecule has 1 heterocycles. The quantitative estimate of drug-likeness (QED) is 0.752. The molecule has 0 aliphatic carbocycles. The van der Waals surface area contributed by atoms with Gasteiger partial charge in [-0.05, 0) is 13.0 Å². The molecule has 1 aromatic heterocycles. The molecule has 0 saturated carbocycles. The van der Waals surface area contributed by atoms with E-state index in [1.165, 1.54) is 0 Å². The summed E-state index contributed by atoms with van der Waals surface area (Å²) in [5.41, 5.74) is 1.49. The monoisotopic (exact) mass is 211 g/mol. The second-order valence-electron chi connectivity index (χ2n) is 3.23. The van der Waals surface area contributed by atoms with Crippen LogP contribution in [0.2, 0.25) is 0 Å². The standard InChI is InChI=1S/C11H17NO3/c1-4-11(14-3)15-10-5-6-12-9(7-13)8(10)2/h5-6,11,13H,4,7H2,1-3H3. The maximum Gasteiger partial charge on any atom is 0.199 e. The summed E-state index contributed by atoms with van der Waals surface area (Å²) in [6, 6.07) is 1.77. The van der Waals surface area contributed by atoms with Gasteiger partial charge in [-0.1, -0.05) is 6.92 Å². The van der Waals surface area contributed by atoms with Crippen molar-refractivity contribution >= 4 is 0 Å². The highest BCUT2D eigenvalue weighted by Crippen LogP contribution is 2.21. The minimum Gasteiger partial charge on any atom is -0.465 e. The van der Waals surface area contributed by atoms with Crippen molar-refractivity contribution in [1.29, 1.82) is 0 Å². The highest BCUT2D eigenvalue weighted by atomic mass is 16.7. The fourth-order valence-corrected chi connectivity index (χ4v) is 1.29. The van der Waals surface area contributed by atoms with E-state index in [1.54, 1.807) is 19.4 Å². The highest BCUT2D eigenvalue weighted by Gasteiger charge is 2.10. The summed E-state index contributed by atoms with van der Waals surface area (Å²) in [7, 11) is 1.61. The number of hydrogen-bond donors (Lipinski definition) is 1. The summed E-state index contributed by atoms with van der Waals surface area (Å²) < 4.78 is 10.7. The molecule has 1 rings (SSSR count). The van der Waals surface area contributed by atoms with E-state index >= 15 is 0 Å². The van der Waals surface area contributed by atoms with E-state index in [0.717, 1.165) is 12.0 Å². The molecule has 84 valence electrons. The molecule has 1 atom stereocenters. The maximum atomic E-state index is 9.04. The van der Waals surface area contributed by atoms with Crippen molar-refractivity contribution in [2.24, 2.45) is 0 Å². The molecule has 1 aromatic rings. The predicted molar refractivity (Wildman–Crippen MR) is 56.6 cm³/mol. The van der Waals surface area contributed by atoms with Crippen molar-refractivity contribution in [3.05, 3.63) is 23.5 Å². The first-order valence-corrected chi connectivity index (χ1v) is 4.97. The van der Waals surface area contributed by atoms with Crippen LogP contribution in [0, 0.1) is 6.92 Å². The number of methoxy groups -OCH3 is 1. The smallest absolute Gasteiger partial charge is 0.199 e. The number of aliphatic hydroxyl groups excluding tert-OH is 1. The van der Waals surface area contributed by atoms with Gasteiger partial charge in [0.25, 0.3) is 0 Å². The van der Waals surface area contributed by atoms with Crippen LogP contribution in [0.1, 0.15) is 24.6 Å². The number of nitrogens with zero attached hydrogens (tertiary/aromatic N) is 1. The van der Waals surface area contributed by atoms with Crippen molar-refractivity contribution in [3.63, 3.8) is 0 Å². The lowest BCUT2D eigenvalue weighted by Gasteiger charge is -2.17. The van der Waals surface area contributed by atoms with Crippen LogP contribution in [0.15, 0.2) is 12.3 Å². The predicted octanol–water partition coefficient (Wildman–Crippen LogP) is 1.64. The normalized spacial score (nSPS) is 12.5. The van der Waals surface area contributed by atoms with Crippen LogP contribution in [-0.2, 0) is 11.3 Å². The molecule has 0 aliphatic heterocycles. The zero-order valence-electron chi connectivity index (χ0n) is 9.36. The molecule has 15 heavy (non-hydrogen) atoms. The zero-order valence-corrected chi connectivity index (χ0v) is 9.36. The summed E-state index contributed by atoms with van der Waals surface area (Å²) in [6.07, 6.45) is 2.14. The Balaban J connectivity index is 2.85. The first kappa shape index (κ1) is 11.9. The third kappa shape index (κ3) is 2.91. The van der Waals surface area contributed by atoms with Gasteiger partial charge in [0, 0.05) is 25.3 Å². The molecule has 0 bridgehead atoms. The van der Waals surface area contributed by atoms with Crippen LogP contribution < -0.4 is 4.74 Å². The Bertz CT molecular complexity index is 311. The largest absolute Gasteiger partial charge is 0.465 e. The lowest BCUT2D eigenvalue weighted by molar-refractivity contribution is -0.0553. The number of aliphatic hydroxyl groups is 1. The molecule has 0 fully saturated rings. The highest BCUT2D eigenvalue weighted by molar-refractivity contribution is 5.34. The summed E-state index contributed by atoms with van der Waals surface area (Å²) >= 11 is 0. The van der Waals surface area contributed by atoms with Gasteiger partial charge < -0.3 is 14.6 Å². The Morgan fingerprint density at radius 2 is 2.27 bits per heavy atom. The Labute approximate surface area is 89.9 Å². The number of rotatable bonds is 5. The van der Waals surface area contributed by atoms with Crippen molar-refractivity contribution < 1.29 is 14.6 Å². The molecule has 0 radical (unpaired) electrons. The number of ether oxygens (including phenoxy) is 2. The molecule has 0 saturated heterocycles. The van der Waals surface area contributed by atoms with Gasteiger partial charge in [-0.2, -0.15) is 0 Å². The Morgan fingerprint density at radius 1 is 1.53 bits per heavy atom. The van der Waals surface area contributed by atoms with Crippen molar-refractivity contribution in [2.75, 3.05) is 7.11 Å². The minimum atomic E-state index is -0.252. The van der Waals surface area contributed by atoms with E-state index in [-0.39, 0.29) is 12.9 Å². The van der Waals surface area contributed by atoms with E-state index in [9.17, 15) is 0 Å². The van der Waals surface area contributed by atoms with Gasteiger partial charge in [0.1, 0.15) is 5.75 Å². The van der Waals surface area contributed by atoms with Gasteiger partial charge >= 0.3 is 0 Å². The van der Waals surface area contributed by atoms with Crippen LogP contribution >= 0.6 is 0 Å². The topological polar surface area (TPSA) is 51.6 Å². The minimum absolute atomic E-state index is 0.0766. The van der Waals surface area contributed by atoms with Gasteiger partial charge in [0.2, 0.25) is 0 Å². The van der Waals surface area contributed by atoms with Crippen molar-refractivity contribution in [1.82, 2.24) is 4.98 Å². The van der Waals surface area contributed by atoms with Crippen LogP contribution in [0.25, 0.3) is 0 Å². The molecular weight excluding hydrogens is 194 g/mol. The van der Waals surface area contributed by atoms with E-state index in [0.29, 0.717) is 11.4 Å². The second kappa shape index (κ2) is 5.68. The molecule has 0 spiro atoms. The van der Waals surface area contributed by atoms with Gasteiger partial charge in [-0.25, -0.2) is 0 Å². The molecule has 1 N–H and O–H groups in total. The molecule has 0 amide bonds. The molecule has 1 unspecified atom stereocenters. The average Bonchev–Trinajstić information content (AvgIpc) is 2.28. The third-order valence-corrected chi connectivity index (χ3v) is 2.26. The van der Waals surface area contributed by atoms with Gasteiger partial charge in [-0.3, -0.25) is 4.98 Å². The Hall–Kier alpha value is -1.13. The summed E-state index contributed by atoms with van der Waals surface area (Å²) in [4.78, 5) is 4.05. The fourth-order valence-electron chi connectivity index (χ4n) is 1.29.